The molecule has 0 unspecified atom stereocenters. The molecule has 3 fully saturated rings. The fourth-order valence-corrected chi connectivity index (χ4v) is 9.26. The maximum absolute atomic E-state index is 13.9. The van der Waals surface area contributed by atoms with Crippen molar-refractivity contribution in [2.45, 2.75) is 19.3 Å². The Hall–Kier alpha value is -4.88. The van der Waals surface area contributed by atoms with E-state index in [1.54, 1.807) is 0 Å². The van der Waals surface area contributed by atoms with Crippen molar-refractivity contribution in [3.8, 4) is 0 Å². The summed E-state index contributed by atoms with van der Waals surface area (Å²) in [6.45, 7) is 11.8. The van der Waals surface area contributed by atoms with Gasteiger partial charge in [-0.3, -0.25) is 29.0 Å². The van der Waals surface area contributed by atoms with Crippen LogP contribution in [0.25, 0.3) is 21.5 Å². The number of nitrogens with zero attached hydrogens (tertiary/aromatic N) is 7. The number of piperazine rings is 2. The van der Waals surface area contributed by atoms with E-state index in [0.717, 1.165) is 111 Å². The van der Waals surface area contributed by atoms with Crippen LogP contribution in [0.15, 0.2) is 60.7 Å². The van der Waals surface area contributed by atoms with E-state index in [9.17, 15) is 19.2 Å². The van der Waals surface area contributed by atoms with Crippen LogP contribution in [0.2, 0.25) is 0 Å². The van der Waals surface area contributed by atoms with Gasteiger partial charge in [-0.2, -0.15) is 0 Å². The van der Waals surface area contributed by atoms with Crippen molar-refractivity contribution in [2.75, 3.05) is 122 Å². The van der Waals surface area contributed by atoms with Gasteiger partial charge in [0.1, 0.15) is 0 Å². The second-order valence-electron chi connectivity index (χ2n) is 16.7. The van der Waals surface area contributed by atoms with Crippen molar-refractivity contribution in [1.29, 1.82) is 0 Å². The van der Waals surface area contributed by atoms with E-state index < -0.39 is 0 Å². The molecule has 298 valence electrons. The topological polar surface area (TPSA) is 103 Å². The average molecular weight is 771 g/mol. The Morgan fingerprint density at radius 2 is 1.04 bits per heavy atom. The molecule has 1 saturated carbocycles. The van der Waals surface area contributed by atoms with Gasteiger partial charge in [-0.25, -0.2) is 0 Å². The standard InChI is InChI=1S/C45H54N8O4/c1-47-20-25-50(26-21-47)38-14-12-36-40-32(38)6-3-8-34(40)42(54)52(44(36)56)19-17-46-16-5-18-49(30-31-10-11-31)24-29-53-43(55)35-9-4-7-33-39(51-27-22-48(2)23-28-51)15-13-37(41(33)35)45(53)57/h3-4,6-9,12-15,31,46H,5,10-11,16-30H2,1-2H3. The van der Waals surface area contributed by atoms with Crippen LogP contribution in [-0.4, -0.2) is 160 Å². The lowest BCUT2D eigenvalue weighted by Gasteiger charge is -2.36. The molecule has 9 rings (SSSR count). The molecule has 4 aliphatic heterocycles. The number of amides is 4. The van der Waals surface area contributed by atoms with Gasteiger partial charge in [0.05, 0.1) is 0 Å². The van der Waals surface area contributed by atoms with Crippen molar-refractivity contribution >= 4 is 56.5 Å². The molecule has 4 heterocycles. The highest BCUT2D eigenvalue weighted by molar-refractivity contribution is 6.28. The molecule has 12 nitrogen and oxygen atoms in total. The lowest BCUT2D eigenvalue weighted by atomic mass is 9.92. The molecule has 0 atom stereocenters. The summed E-state index contributed by atoms with van der Waals surface area (Å²) in [7, 11) is 4.27. The first-order chi connectivity index (χ1) is 27.8. The zero-order chi connectivity index (χ0) is 39.2. The summed E-state index contributed by atoms with van der Waals surface area (Å²) in [5, 5.41) is 6.97. The molecule has 12 heteroatoms. The Bertz CT molecular complexity index is 2180. The first kappa shape index (κ1) is 37.7. The molecule has 0 aromatic heterocycles. The Morgan fingerprint density at radius 3 is 1.53 bits per heavy atom. The highest BCUT2D eigenvalue weighted by Crippen LogP contribution is 2.38. The largest absolute Gasteiger partial charge is 0.368 e. The molecule has 4 aromatic rings. The van der Waals surface area contributed by atoms with E-state index in [0.29, 0.717) is 54.4 Å². The van der Waals surface area contributed by atoms with Crippen LogP contribution < -0.4 is 15.1 Å². The first-order valence-electron chi connectivity index (χ1n) is 20.9. The van der Waals surface area contributed by atoms with Gasteiger partial charge in [-0.1, -0.05) is 24.3 Å². The summed E-state index contributed by atoms with van der Waals surface area (Å²) in [5.74, 6) is -0.228. The number of anilines is 2. The molecular formula is C45H54N8O4. The summed E-state index contributed by atoms with van der Waals surface area (Å²) in [6.07, 6.45) is 3.30. The van der Waals surface area contributed by atoms with Crippen molar-refractivity contribution < 1.29 is 19.2 Å². The molecule has 4 aromatic carbocycles. The van der Waals surface area contributed by atoms with Crippen LogP contribution >= 0.6 is 0 Å². The number of likely N-dealkylation sites (N-methyl/N-ethyl adjacent to an activating group) is 2. The van der Waals surface area contributed by atoms with Gasteiger partial charge >= 0.3 is 0 Å². The summed E-state index contributed by atoms with van der Waals surface area (Å²) in [5.41, 5.74) is 4.58. The predicted octanol–water partition coefficient (Wildman–Crippen LogP) is 4.08. The minimum atomic E-state index is -0.234. The van der Waals surface area contributed by atoms with Gasteiger partial charge in [-0.05, 0) is 88.8 Å². The smallest absolute Gasteiger partial charge is 0.261 e. The molecule has 57 heavy (non-hydrogen) atoms. The third kappa shape index (κ3) is 7.28. The van der Waals surface area contributed by atoms with Gasteiger partial charge in [-0.15, -0.1) is 0 Å². The van der Waals surface area contributed by atoms with Gasteiger partial charge < -0.3 is 29.8 Å². The number of rotatable bonds is 14. The van der Waals surface area contributed by atoms with Crippen LogP contribution in [0.5, 0.6) is 0 Å². The monoisotopic (exact) mass is 770 g/mol. The third-order valence-electron chi connectivity index (χ3n) is 12.8. The Labute approximate surface area is 334 Å². The van der Waals surface area contributed by atoms with E-state index in [1.165, 1.54) is 22.6 Å². The zero-order valence-electron chi connectivity index (χ0n) is 33.3. The number of carbonyl (C=O) groups excluding carboxylic acids is 4. The molecule has 5 aliphatic rings. The lowest BCUT2D eigenvalue weighted by Crippen LogP contribution is -2.46. The second-order valence-corrected chi connectivity index (χ2v) is 16.7. The van der Waals surface area contributed by atoms with Crippen molar-refractivity contribution in [3.05, 3.63) is 82.9 Å². The molecule has 0 radical (unpaired) electrons. The van der Waals surface area contributed by atoms with Crippen LogP contribution in [0.3, 0.4) is 0 Å². The highest BCUT2D eigenvalue weighted by atomic mass is 16.2. The van der Waals surface area contributed by atoms with E-state index >= 15 is 0 Å². The number of nitrogens with one attached hydrogen (secondary N) is 1. The zero-order valence-corrected chi connectivity index (χ0v) is 33.3. The van der Waals surface area contributed by atoms with Crippen LogP contribution in [0.1, 0.15) is 60.7 Å². The number of benzene rings is 4. The van der Waals surface area contributed by atoms with Crippen molar-refractivity contribution in [3.63, 3.8) is 0 Å². The minimum Gasteiger partial charge on any atom is -0.368 e. The van der Waals surface area contributed by atoms with Gasteiger partial charge in [0.2, 0.25) is 0 Å². The number of hydrogen-bond donors (Lipinski definition) is 1. The first-order valence-corrected chi connectivity index (χ1v) is 20.9. The molecular weight excluding hydrogens is 717 g/mol. The molecule has 2 saturated heterocycles. The van der Waals surface area contributed by atoms with Crippen molar-refractivity contribution in [2.24, 2.45) is 5.92 Å². The Balaban J connectivity index is 0.792. The van der Waals surface area contributed by atoms with Crippen LogP contribution in [-0.2, 0) is 0 Å². The minimum absolute atomic E-state index is 0.210. The summed E-state index contributed by atoms with van der Waals surface area (Å²) < 4.78 is 0. The predicted molar refractivity (Wildman–Crippen MR) is 225 cm³/mol. The molecule has 0 spiro atoms. The Morgan fingerprint density at radius 1 is 0.561 bits per heavy atom. The quantitative estimate of drug-likeness (QED) is 0.149. The fourth-order valence-electron chi connectivity index (χ4n) is 9.26. The molecule has 1 N–H and O–H groups in total. The van der Waals surface area contributed by atoms with Crippen molar-refractivity contribution in [1.82, 2.24) is 29.8 Å². The number of carbonyl (C=O) groups is 4. The Kier molecular flexibility index (Phi) is 10.5. The van der Waals surface area contributed by atoms with E-state index in [2.05, 4.69) is 50.0 Å². The van der Waals surface area contributed by atoms with Gasteiger partial charge in [0.15, 0.2) is 0 Å². The van der Waals surface area contributed by atoms with Gasteiger partial charge in [0.25, 0.3) is 23.6 Å². The molecule has 1 aliphatic carbocycles. The number of imide groups is 2. The maximum Gasteiger partial charge on any atom is 0.261 e. The van der Waals surface area contributed by atoms with E-state index in [4.69, 9.17) is 0 Å². The molecule has 0 bridgehead atoms. The fraction of sp³-hybridized carbons (Fsp3) is 0.467. The highest BCUT2D eigenvalue weighted by Gasteiger charge is 2.36. The third-order valence-corrected chi connectivity index (χ3v) is 12.8. The van der Waals surface area contributed by atoms with E-state index in [-0.39, 0.29) is 23.6 Å². The van der Waals surface area contributed by atoms with E-state index in [1.807, 2.05) is 54.6 Å². The van der Waals surface area contributed by atoms with Gasteiger partial charge in [0, 0.05) is 140 Å². The van der Waals surface area contributed by atoms with Crippen LogP contribution in [0, 0.1) is 5.92 Å². The summed E-state index contributed by atoms with van der Waals surface area (Å²) in [6, 6.07) is 19.6. The lowest BCUT2D eigenvalue weighted by molar-refractivity contribution is 0.0585. The second kappa shape index (κ2) is 15.8. The molecule has 4 amide bonds. The normalized spacial score (nSPS) is 19.3. The average Bonchev–Trinajstić information content (AvgIpc) is 4.05. The summed E-state index contributed by atoms with van der Waals surface area (Å²) >= 11 is 0. The maximum atomic E-state index is 13.9. The summed E-state index contributed by atoms with van der Waals surface area (Å²) in [4.78, 5) is 69.8. The number of hydrogen-bond acceptors (Lipinski definition) is 10. The SMILES string of the molecule is CN1CCN(c2ccc3c4c(cccc24)C(=O)N(CCNCCCN(CCN2C(=O)c4cccc5c(N6CCN(C)CC6)ccc(c45)C2=O)CC2CC2)C3=O)CC1. The van der Waals surface area contributed by atoms with Crippen LogP contribution in [0.4, 0.5) is 11.4 Å².